The van der Waals surface area contributed by atoms with E-state index in [4.69, 9.17) is 37.5 Å². The Bertz CT molecular complexity index is 718. The normalized spacial score (nSPS) is 14.5. The number of esters is 1. The van der Waals surface area contributed by atoms with Gasteiger partial charge < -0.3 is 20.6 Å². The van der Waals surface area contributed by atoms with E-state index in [0.717, 1.165) is 12.8 Å². The lowest BCUT2D eigenvalue weighted by molar-refractivity contribution is -0.138. The molecule has 3 N–H and O–H groups in total. The molecule has 1 aliphatic rings. The third-order valence-corrected chi connectivity index (χ3v) is 3.56. The maximum Gasteiger partial charge on any atom is 0.358 e. The zero-order chi connectivity index (χ0) is 17.0. The summed E-state index contributed by atoms with van der Waals surface area (Å²) in [5.74, 6) is -0.423. The molecular formula is C16H16ClN3O3. The molecule has 6 nitrogen and oxygen atoms in total. The molecule has 7 heteroatoms. The highest BCUT2D eigenvalue weighted by Crippen LogP contribution is 2.34. The molecule has 1 saturated carbocycles. The van der Waals surface area contributed by atoms with Crippen molar-refractivity contribution in [1.29, 1.82) is 10.7 Å². The molecule has 0 amide bonds. The van der Waals surface area contributed by atoms with Crippen LogP contribution in [0.2, 0.25) is 5.02 Å². The van der Waals surface area contributed by atoms with Crippen molar-refractivity contribution in [1.82, 2.24) is 0 Å². The second-order valence-electron chi connectivity index (χ2n) is 5.01. The van der Waals surface area contributed by atoms with E-state index in [9.17, 15) is 4.79 Å². The smallest absolute Gasteiger partial charge is 0.358 e. The molecule has 1 aromatic carbocycles. The van der Waals surface area contributed by atoms with Crippen LogP contribution in [0.5, 0.6) is 5.75 Å². The Kier molecular flexibility index (Phi) is 5.24. The van der Waals surface area contributed by atoms with E-state index in [0.29, 0.717) is 11.3 Å². The van der Waals surface area contributed by atoms with Crippen LogP contribution in [0.3, 0.4) is 0 Å². The van der Waals surface area contributed by atoms with E-state index in [1.54, 1.807) is 6.92 Å². The van der Waals surface area contributed by atoms with Gasteiger partial charge in [-0.05, 0) is 31.9 Å². The van der Waals surface area contributed by atoms with Crippen molar-refractivity contribution in [2.24, 2.45) is 11.7 Å². The highest BCUT2D eigenvalue weighted by Gasteiger charge is 2.32. The Morgan fingerprint density at radius 2 is 2.22 bits per heavy atom. The first-order valence-corrected chi connectivity index (χ1v) is 7.48. The third kappa shape index (κ3) is 4.02. The topological polar surface area (TPSA) is 109 Å². The Hall–Kier alpha value is -2.52. The fourth-order valence-corrected chi connectivity index (χ4v) is 2.09. The van der Waals surface area contributed by atoms with Gasteiger partial charge in [-0.25, -0.2) is 4.79 Å². The molecule has 0 spiro atoms. The Balaban J connectivity index is 2.33. The summed E-state index contributed by atoms with van der Waals surface area (Å²) < 4.78 is 10.5. The fourth-order valence-electron chi connectivity index (χ4n) is 1.88. The number of benzene rings is 1. The predicted octanol–water partition coefficient (Wildman–Crippen LogP) is 2.75. The van der Waals surface area contributed by atoms with Gasteiger partial charge in [0.1, 0.15) is 11.8 Å². The standard InChI is InChI=1S/C16H16ClN3O3/c1-2-22-16(21)14(20)15(13(19)9-3-4-9)23-11-6-5-10(8-18)12(17)7-11/h5-7,9,19H,2-4,20H2,1H3/b15-14+,19-13?. The van der Waals surface area contributed by atoms with Crippen molar-refractivity contribution in [2.75, 3.05) is 6.61 Å². The molecule has 1 aliphatic carbocycles. The van der Waals surface area contributed by atoms with Crippen molar-refractivity contribution in [3.63, 3.8) is 0 Å². The van der Waals surface area contributed by atoms with Gasteiger partial charge in [0.2, 0.25) is 0 Å². The SMILES string of the molecule is CCOC(=O)/C(N)=C(\Oc1ccc(C#N)c(Cl)c1)C(=N)C1CC1. The second-order valence-corrected chi connectivity index (χ2v) is 5.41. The molecule has 0 heterocycles. The van der Waals surface area contributed by atoms with Gasteiger partial charge in [0, 0.05) is 12.0 Å². The van der Waals surface area contributed by atoms with Gasteiger partial charge in [-0.2, -0.15) is 5.26 Å². The number of nitrogens with zero attached hydrogens (tertiary/aromatic N) is 1. The van der Waals surface area contributed by atoms with Crippen LogP contribution in [-0.2, 0) is 9.53 Å². The van der Waals surface area contributed by atoms with Crippen LogP contribution in [0, 0.1) is 22.7 Å². The summed E-state index contributed by atoms with van der Waals surface area (Å²) in [7, 11) is 0. The number of hydrogen-bond donors (Lipinski definition) is 2. The summed E-state index contributed by atoms with van der Waals surface area (Å²) in [6, 6.07) is 6.41. The van der Waals surface area contributed by atoms with Crippen molar-refractivity contribution < 1.29 is 14.3 Å². The fraction of sp³-hybridized carbons (Fsp3) is 0.312. The molecule has 0 saturated heterocycles. The minimum atomic E-state index is -0.729. The number of nitrogens with two attached hydrogens (primary N) is 1. The van der Waals surface area contributed by atoms with Gasteiger partial charge in [-0.1, -0.05) is 11.6 Å². The van der Waals surface area contributed by atoms with E-state index in [-0.39, 0.29) is 34.7 Å². The number of carbonyl (C=O) groups is 1. The number of hydrogen-bond acceptors (Lipinski definition) is 6. The molecule has 0 atom stereocenters. The Morgan fingerprint density at radius 3 is 2.74 bits per heavy atom. The number of allylic oxidation sites excluding steroid dienone is 1. The van der Waals surface area contributed by atoms with Gasteiger partial charge in [-0.3, -0.25) is 0 Å². The highest BCUT2D eigenvalue weighted by molar-refractivity contribution is 6.31. The number of rotatable bonds is 6. The predicted molar refractivity (Wildman–Crippen MR) is 85.1 cm³/mol. The maximum atomic E-state index is 11.8. The van der Waals surface area contributed by atoms with E-state index in [1.807, 2.05) is 6.07 Å². The molecule has 0 bridgehead atoms. The van der Waals surface area contributed by atoms with Crippen LogP contribution < -0.4 is 10.5 Å². The number of halogens is 1. The number of carbonyl (C=O) groups excluding carboxylic acids is 1. The summed E-state index contributed by atoms with van der Waals surface area (Å²) in [5.41, 5.74) is 6.03. The molecular weight excluding hydrogens is 318 g/mol. The average molecular weight is 334 g/mol. The number of ether oxygens (including phenoxy) is 2. The summed E-state index contributed by atoms with van der Waals surface area (Å²) in [6.45, 7) is 1.84. The maximum absolute atomic E-state index is 11.8. The lowest BCUT2D eigenvalue weighted by Crippen LogP contribution is -2.24. The van der Waals surface area contributed by atoms with Crippen LogP contribution in [0.15, 0.2) is 29.7 Å². The molecule has 0 unspecified atom stereocenters. The van der Waals surface area contributed by atoms with Gasteiger partial charge in [-0.15, -0.1) is 0 Å². The van der Waals surface area contributed by atoms with Crippen LogP contribution >= 0.6 is 11.6 Å². The molecule has 2 rings (SSSR count). The second kappa shape index (κ2) is 7.16. The average Bonchev–Trinajstić information content (AvgIpc) is 3.36. The van der Waals surface area contributed by atoms with Crippen LogP contribution in [0.4, 0.5) is 0 Å². The summed E-state index contributed by atoms with van der Waals surface area (Å²) in [4.78, 5) is 11.8. The van der Waals surface area contributed by atoms with E-state index in [2.05, 4.69) is 0 Å². The minimum Gasteiger partial charge on any atom is -0.461 e. The molecule has 1 fully saturated rings. The first-order chi connectivity index (χ1) is 11.0. The van der Waals surface area contributed by atoms with Crippen LogP contribution in [0.25, 0.3) is 0 Å². The monoisotopic (exact) mass is 333 g/mol. The van der Waals surface area contributed by atoms with Crippen molar-refractivity contribution in [3.05, 3.63) is 40.2 Å². The summed E-state index contributed by atoms with van der Waals surface area (Å²) in [6.07, 6.45) is 1.71. The van der Waals surface area contributed by atoms with Crippen molar-refractivity contribution >= 4 is 23.3 Å². The molecule has 120 valence electrons. The largest absolute Gasteiger partial charge is 0.461 e. The van der Waals surface area contributed by atoms with Crippen molar-refractivity contribution in [2.45, 2.75) is 19.8 Å². The lowest BCUT2D eigenvalue weighted by Gasteiger charge is -2.14. The molecule has 0 aliphatic heterocycles. The molecule has 0 radical (unpaired) electrons. The summed E-state index contributed by atoms with van der Waals surface area (Å²) >= 11 is 5.96. The molecule has 0 aromatic heterocycles. The molecule has 1 aromatic rings. The minimum absolute atomic E-state index is 0.0216. The van der Waals surface area contributed by atoms with Crippen LogP contribution in [-0.4, -0.2) is 18.3 Å². The van der Waals surface area contributed by atoms with Crippen LogP contribution in [0.1, 0.15) is 25.3 Å². The van der Waals surface area contributed by atoms with E-state index in [1.165, 1.54) is 18.2 Å². The summed E-state index contributed by atoms with van der Waals surface area (Å²) in [5, 5.41) is 17.2. The first kappa shape index (κ1) is 16.8. The third-order valence-electron chi connectivity index (χ3n) is 3.25. The lowest BCUT2D eigenvalue weighted by atomic mass is 10.1. The highest BCUT2D eigenvalue weighted by atomic mass is 35.5. The Labute approximate surface area is 138 Å². The Morgan fingerprint density at radius 1 is 1.52 bits per heavy atom. The van der Waals surface area contributed by atoms with Crippen molar-refractivity contribution in [3.8, 4) is 11.8 Å². The van der Waals surface area contributed by atoms with E-state index < -0.39 is 5.97 Å². The van der Waals surface area contributed by atoms with Gasteiger partial charge in [0.15, 0.2) is 11.5 Å². The molecule has 23 heavy (non-hydrogen) atoms. The van der Waals surface area contributed by atoms with Gasteiger partial charge in [0.25, 0.3) is 0 Å². The first-order valence-electron chi connectivity index (χ1n) is 7.11. The number of nitrogens with one attached hydrogen (secondary N) is 1. The zero-order valence-electron chi connectivity index (χ0n) is 12.6. The quantitative estimate of drug-likeness (QED) is 0.360. The zero-order valence-corrected chi connectivity index (χ0v) is 13.3. The van der Waals surface area contributed by atoms with Gasteiger partial charge in [0.05, 0.1) is 22.9 Å². The van der Waals surface area contributed by atoms with Gasteiger partial charge >= 0.3 is 5.97 Å². The number of nitriles is 1. The van der Waals surface area contributed by atoms with E-state index >= 15 is 0 Å².